The zero-order chi connectivity index (χ0) is 17.4. The lowest BCUT2D eigenvalue weighted by molar-refractivity contribution is 0.0704. The van der Waals surface area contributed by atoms with Crippen molar-refractivity contribution in [1.29, 1.82) is 0 Å². The molecular weight excluding hydrogens is 344 g/mol. The van der Waals surface area contributed by atoms with Gasteiger partial charge in [0.25, 0.3) is 5.91 Å². The minimum atomic E-state index is -1.14. The van der Waals surface area contributed by atoms with Crippen molar-refractivity contribution in [2.24, 2.45) is 0 Å². The SMILES string of the molecule is O=C(c1cc(F)c(F)cc1Cl)N1CCn2nc(C(O)CO)cc2C1. The van der Waals surface area contributed by atoms with Crippen molar-refractivity contribution in [2.75, 3.05) is 13.2 Å². The van der Waals surface area contributed by atoms with Crippen molar-refractivity contribution >= 4 is 17.5 Å². The average molecular weight is 358 g/mol. The Morgan fingerprint density at radius 2 is 2.00 bits per heavy atom. The Morgan fingerprint density at radius 3 is 2.71 bits per heavy atom. The molecule has 128 valence electrons. The number of rotatable bonds is 3. The highest BCUT2D eigenvalue weighted by Crippen LogP contribution is 2.24. The van der Waals surface area contributed by atoms with Crippen LogP contribution in [0.3, 0.4) is 0 Å². The first-order valence-electron chi connectivity index (χ1n) is 7.20. The quantitative estimate of drug-likeness (QED) is 0.816. The van der Waals surface area contributed by atoms with Crippen LogP contribution in [-0.2, 0) is 13.1 Å². The first kappa shape index (κ1) is 16.8. The van der Waals surface area contributed by atoms with E-state index in [-0.39, 0.29) is 17.1 Å². The molecule has 0 aliphatic carbocycles. The van der Waals surface area contributed by atoms with Crippen molar-refractivity contribution in [3.8, 4) is 0 Å². The Morgan fingerprint density at radius 1 is 1.29 bits per heavy atom. The Bertz CT molecular complexity index is 797. The Hall–Kier alpha value is -2.03. The topological polar surface area (TPSA) is 78.6 Å². The van der Waals surface area contributed by atoms with Crippen molar-refractivity contribution < 1.29 is 23.8 Å². The molecule has 2 heterocycles. The number of carbonyl (C=O) groups excluding carboxylic acids is 1. The van der Waals surface area contributed by atoms with Gasteiger partial charge in [-0.2, -0.15) is 5.10 Å². The molecule has 1 atom stereocenters. The van der Waals surface area contributed by atoms with Gasteiger partial charge in [-0.25, -0.2) is 8.78 Å². The van der Waals surface area contributed by atoms with Crippen LogP contribution in [0.25, 0.3) is 0 Å². The maximum atomic E-state index is 13.4. The normalized spacial score (nSPS) is 15.3. The number of halogens is 3. The molecule has 2 aromatic rings. The summed E-state index contributed by atoms with van der Waals surface area (Å²) in [6.07, 6.45) is -1.09. The van der Waals surface area contributed by atoms with E-state index in [0.29, 0.717) is 24.5 Å². The van der Waals surface area contributed by atoms with E-state index in [9.17, 15) is 18.7 Å². The summed E-state index contributed by atoms with van der Waals surface area (Å²) < 4.78 is 28.2. The number of amides is 1. The molecule has 0 saturated heterocycles. The maximum Gasteiger partial charge on any atom is 0.255 e. The largest absolute Gasteiger partial charge is 0.393 e. The number of nitrogens with zero attached hydrogens (tertiary/aromatic N) is 3. The van der Waals surface area contributed by atoms with Gasteiger partial charge in [-0.05, 0) is 18.2 Å². The highest BCUT2D eigenvalue weighted by molar-refractivity contribution is 6.33. The summed E-state index contributed by atoms with van der Waals surface area (Å²) >= 11 is 5.85. The van der Waals surface area contributed by atoms with Gasteiger partial charge in [-0.15, -0.1) is 0 Å². The third-order valence-electron chi connectivity index (χ3n) is 3.86. The van der Waals surface area contributed by atoms with E-state index in [1.807, 2.05) is 0 Å². The zero-order valence-electron chi connectivity index (χ0n) is 12.4. The Labute approximate surface area is 140 Å². The molecule has 6 nitrogen and oxygen atoms in total. The number of hydrogen-bond acceptors (Lipinski definition) is 4. The van der Waals surface area contributed by atoms with Crippen LogP contribution in [0.4, 0.5) is 8.78 Å². The number of aromatic nitrogens is 2. The molecule has 1 aliphatic heterocycles. The lowest BCUT2D eigenvalue weighted by Crippen LogP contribution is -2.38. The fourth-order valence-corrected chi connectivity index (χ4v) is 2.81. The standard InChI is InChI=1S/C15H14ClF2N3O3/c16-10-5-12(18)11(17)4-9(10)15(24)20-1-2-21-8(6-20)3-13(19-21)14(23)7-22/h3-5,14,22-23H,1-2,6-7H2. The maximum absolute atomic E-state index is 13.4. The molecule has 2 N–H and O–H groups in total. The van der Waals surface area contributed by atoms with Gasteiger partial charge < -0.3 is 15.1 Å². The summed E-state index contributed by atoms with van der Waals surface area (Å²) in [4.78, 5) is 14.0. The molecule has 0 saturated carbocycles. The third kappa shape index (κ3) is 3.00. The molecule has 1 unspecified atom stereocenters. The second-order valence-corrected chi connectivity index (χ2v) is 5.86. The predicted molar refractivity (Wildman–Crippen MR) is 80.4 cm³/mol. The summed E-state index contributed by atoms with van der Waals surface area (Å²) in [7, 11) is 0. The summed E-state index contributed by atoms with van der Waals surface area (Å²) in [5.74, 6) is -2.77. The monoisotopic (exact) mass is 357 g/mol. The molecule has 9 heteroatoms. The van der Waals surface area contributed by atoms with Gasteiger partial charge in [0, 0.05) is 6.54 Å². The summed E-state index contributed by atoms with van der Waals surface area (Å²) in [5.41, 5.74) is 0.864. The van der Waals surface area contributed by atoms with Crippen LogP contribution in [0, 0.1) is 11.6 Å². The van der Waals surface area contributed by atoms with Crippen molar-refractivity contribution in [3.63, 3.8) is 0 Å². The van der Waals surface area contributed by atoms with Gasteiger partial charge in [-0.3, -0.25) is 9.48 Å². The van der Waals surface area contributed by atoms with Crippen LogP contribution in [0.1, 0.15) is 27.8 Å². The minimum absolute atomic E-state index is 0.112. The molecule has 0 bridgehead atoms. The van der Waals surface area contributed by atoms with E-state index in [4.69, 9.17) is 16.7 Å². The minimum Gasteiger partial charge on any atom is -0.393 e. The number of benzene rings is 1. The highest BCUT2D eigenvalue weighted by Gasteiger charge is 2.26. The van der Waals surface area contributed by atoms with E-state index in [1.54, 1.807) is 10.7 Å². The first-order chi connectivity index (χ1) is 11.4. The predicted octanol–water partition coefficient (Wildman–Crippen LogP) is 1.50. The van der Waals surface area contributed by atoms with E-state index >= 15 is 0 Å². The van der Waals surface area contributed by atoms with Gasteiger partial charge in [0.15, 0.2) is 11.6 Å². The van der Waals surface area contributed by atoms with Gasteiger partial charge in [0.1, 0.15) is 6.10 Å². The summed E-state index contributed by atoms with van der Waals surface area (Å²) in [5, 5.41) is 22.6. The highest BCUT2D eigenvalue weighted by atomic mass is 35.5. The third-order valence-corrected chi connectivity index (χ3v) is 4.17. The van der Waals surface area contributed by atoms with Crippen LogP contribution in [0.5, 0.6) is 0 Å². The van der Waals surface area contributed by atoms with Crippen LogP contribution >= 0.6 is 11.6 Å². The molecule has 1 amide bonds. The number of fused-ring (bicyclic) bond motifs is 1. The number of aliphatic hydroxyl groups is 2. The molecule has 1 aromatic carbocycles. The van der Waals surface area contributed by atoms with E-state index in [0.717, 1.165) is 12.1 Å². The van der Waals surface area contributed by atoms with E-state index in [2.05, 4.69) is 5.10 Å². The lowest BCUT2D eigenvalue weighted by Gasteiger charge is -2.28. The molecule has 24 heavy (non-hydrogen) atoms. The van der Waals surface area contributed by atoms with Crippen molar-refractivity contribution in [2.45, 2.75) is 19.2 Å². The summed E-state index contributed by atoms with van der Waals surface area (Å²) in [6, 6.07) is 3.15. The molecular formula is C15H14ClF2N3O3. The fourth-order valence-electron chi connectivity index (χ4n) is 2.58. The Balaban J connectivity index is 1.84. The van der Waals surface area contributed by atoms with Gasteiger partial charge in [0.2, 0.25) is 0 Å². The molecule has 0 radical (unpaired) electrons. The molecule has 1 aromatic heterocycles. The van der Waals surface area contributed by atoms with Gasteiger partial charge >= 0.3 is 0 Å². The van der Waals surface area contributed by atoms with Gasteiger partial charge in [-0.1, -0.05) is 11.6 Å². The Kier molecular flexibility index (Phi) is 4.53. The van der Waals surface area contributed by atoms with E-state index in [1.165, 1.54) is 4.90 Å². The van der Waals surface area contributed by atoms with Crippen molar-refractivity contribution in [1.82, 2.24) is 14.7 Å². The summed E-state index contributed by atoms with van der Waals surface area (Å²) in [6.45, 7) is 0.404. The number of hydrogen-bond donors (Lipinski definition) is 2. The van der Waals surface area contributed by atoms with Crippen molar-refractivity contribution in [3.05, 3.63) is 51.8 Å². The number of carbonyl (C=O) groups is 1. The first-order valence-corrected chi connectivity index (χ1v) is 7.58. The van der Waals surface area contributed by atoms with Gasteiger partial charge in [0.05, 0.1) is 41.7 Å². The molecule has 0 fully saturated rings. The second-order valence-electron chi connectivity index (χ2n) is 5.45. The van der Waals surface area contributed by atoms with E-state index < -0.39 is 30.3 Å². The fraction of sp³-hybridized carbons (Fsp3) is 0.333. The molecule has 1 aliphatic rings. The lowest BCUT2D eigenvalue weighted by atomic mass is 10.1. The molecule has 3 rings (SSSR count). The smallest absolute Gasteiger partial charge is 0.255 e. The zero-order valence-corrected chi connectivity index (χ0v) is 13.2. The second kappa shape index (κ2) is 6.46. The van der Waals surface area contributed by atoms with Crippen LogP contribution in [0.15, 0.2) is 18.2 Å². The molecule has 0 spiro atoms. The van der Waals surface area contributed by atoms with Crippen LogP contribution < -0.4 is 0 Å². The van der Waals surface area contributed by atoms with Crippen LogP contribution in [-0.4, -0.2) is 44.0 Å². The number of aliphatic hydroxyl groups excluding tert-OH is 2. The average Bonchev–Trinajstić information content (AvgIpc) is 2.99. The van der Waals surface area contributed by atoms with Crippen LogP contribution in [0.2, 0.25) is 5.02 Å².